The number of halogens is 1. The van der Waals surface area contributed by atoms with Gasteiger partial charge < -0.3 is 29.9 Å². The second-order valence-electron chi connectivity index (χ2n) is 7.80. The lowest BCUT2D eigenvalue weighted by Gasteiger charge is -2.32. The molecule has 1 aliphatic heterocycles. The smallest absolute Gasteiger partial charge is 0.190 e. The number of nitrogens with one attached hydrogen (secondary N) is 2. The third kappa shape index (κ3) is 10.7. The largest absolute Gasteiger partial charge is 0.493 e. The minimum Gasteiger partial charge on any atom is -0.493 e. The Labute approximate surface area is 206 Å². The van der Waals surface area contributed by atoms with Crippen LogP contribution < -0.4 is 20.1 Å². The summed E-state index contributed by atoms with van der Waals surface area (Å²) in [5, 5.41) is 6.84. The van der Waals surface area contributed by atoms with Gasteiger partial charge in [-0.05, 0) is 63.9 Å². The summed E-state index contributed by atoms with van der Waals surface area (Å²) in [7, 11) is 5.71. The zero-order chi connectivity index (χ0) is 21.6. The van der Waals surface area contributed by atoms with E-state index in [4.69, 9.17) is 9.47 Å². The zero-order valence-corrected chi connectivity index (χ0v) is 22.1. The SMILES string of the molecule is CCOc1cc(CCCNC(=NC)NCCCCN2CCN(C)CC2)ccc1OC.I. The van der Waals surface area contributed by atoms with Gasteiger partial charge in [0.1, 0.15) is 0 Å². The van der Waals surface area contributed by atoms with E-state index in [0.717, 1.165) is 43.4 Å². The fourth-order valence-corrected chi connectivity index (χ4v) is 3.60. The minimum atomic E-state index is 0. The predicted octanol–water partition coefficient (Wildman–Crippen LogP) is 2.84. The third-order valence-corrected chi connectivity index (χ3v) is 5.48. The van der Waals surface area contributed by atoms with Gasteiger partial charge in [0.25, 0.3) is 0 Å². The Kier molecular flexibility index (Phi) is 14.7. The lowest BCUT2D eigenvalue weighted by molar-refractivity contribution is 0.152. The van der Waals surface area contributed by atoms with Gasteiger partial charge in [0, 0.05) is 46.3 Å². The number of piperazine rings is 1. The molecule has 1 aromatic carbocycles. The molecule has 0 unspecified atom stereocenters. The maximum atomic E-state index is 5.66. The number of benzene rings is 1. The first-order valence-corrected chi connectivity index (χ1v) is 11.3. The molecule has 0 bridgehead atoms. The van der Waals surface area contributed by atoms with E-state index < -0.39 is 0 Å². The number of hydrogen-bond donors (Lipinski definition) is 2. The first kappa shape index (κ1) is 27.8. The van der Waals surface area contributed by atoms with Crippen molar-refractivity contribution in [2.75, 3.05) is 73.6 Å². The highest BCUT2D eigenvalue weighted by molar-refractivity contribution is 14.0. The van der Waals surface area contributed by atoms with Gasteiger partial charge in [0.2, 0.25) is 0 Å². The van der Waals surface area contributed by atoms with E-state index in [0.29, 0.717) is 6.61 Å². The molecule has 0 aromatic heterocycles. The van der Waals surface area contributed by atoms with Crippen molar-refractivity contribution in [3.63, 3.8) is 0 Å². The molecule has 2 N–H and O–H groups in total. The van der Waals surface area contributed by atoms with Crippen molar-refractivity contribution >= 4 is 29.9 Å². The van der Waals surface area contributed by atoms with Crippen molar-refractivity contribution in [3.8, 4) is 11.5 Å². The van der Waals surface area contributed by atoms with Crippen LogP contribution in [0.2, 0.25) is 0 Å². The van der Waals surface area contributed by atoms with E-state index in [9.17, 15) is 0 Å². The van der Waals surface area contributed by atoms with E-state index in [1.807, 2.05) is 20.0 Å². The maximum absolute atomic E-state index is 5.66. The van der Waals surface area contributed by atoms with Crippen LogP contribution >= 0.6 is 24.0 Å². The summed E-state index contributed by atoms with van der Waals surface area (Å²) in [6.07, 6.45) is 4.41. The molecule has 1 fully saturated rings. The maximum Gasteiger partial charge on any atom is 0.190 e. The second kappa shape index (κ2) is 16.4. The molecular formula is C23H42IN5O2. The highest BCUT2D eigenvalue weighted by atomic mass is 127. The molecule has 1 heterocycles. The Morgan fingerprint density at radius 3 is 2.39 bits per heavy atom. The molecule has 178 valence electrons. The van der Waals surface area contributed by atoms with E-state index in [-0.39, 0.29) is 24.0 Å². The monoisotopic (exact) mass is 547 g/mol. The van der Waals surface area contributed by atoms with Crippen molar-refractivity contribution in [1.29, 1.82) is 0 Å². The quantitative estimate of drug-likeness (QED) is 0.182. The van der Waals surface area contributed by atoms with Crippen LogP contribution in [0.4, 0.5) is 0 Å². The Hall–Kier alpha value is -1.26. The molecule has 1 aliphatic rings. The number of aliphatic imine (C=N–C) groups is 1. The van der Waals surface area contributed by atoms with Gasteiger partial charge in [-0.25, -0.2) is 0 Å². The van der Waals surface area contributed by atoms with Crippen LogP contribution in [0.25, 0.3) is 0 Å². The molecule has 0 spiro atoms. The fourth-order valence-electron chi connectivity index (χ4n) is 3.60. The van der Waals surface area contributed by atoms with E-state index in [1.165, 1.54) is 51.1 Å². The number of ether oxygens (including phenoxy) is 2. The lowest BCUT2D eigenvalue weighted by Crippen LogP contribution is -2.44. The highest BCUT2D eigenvalue weighted by Gasteiger charge is 2.12. The summed E-state index contributed by atoms with van der Waals surface area (Å²) in [5.41, 5.74) is 1.26. The number of aryl methyl sites for hydroxylation is 1. The average Bonchev–Trinajstić information content (AvgIpc) is 2.76. The summed E-state index contributed by atoms with van der Waals surface area (Å²) in [6.45, 7) is 10.5. The number of guanidine groups is 1. The Morgan fingerprint density at radius 2 is 1.74 bits per heavy atom. The predicted molar refractivity (Wildman–Crippen MR) is 140 cm³/mol. The molecule has 0 atom stereocenters. The Morgan fingerprint density at radius 1 is 1.03 bits per heavy atom. The average molecular weight is 548 g/mol. The van der Waals surface area contributed by atoms with Crippen LogP contribution in [-0.2, 0) is 6.42 Å². The van der Waals surface area contributed by atoms with Crippen molar-refractivity contribution in [3.05, 3.63) is 23.8 Å². The molecule has 0 aliphatic carbocycles. The van der Waals surface area contributed by atoms with Crippen LogP contribution in [0, 0.1) is 0 Å². The number of nitrogens with zero attached hydrogens (tertiary/aromatic N) is 3. The normalized spacial score (nSPS) is 15.3. The first-order chi connectivity index (χ1) is 14.7. The first-order valence-electron chi connectivity index (χ1n) is 11.3. The summed E-state index contributed by atoms with van der Waals surface area (Å²) < 4.78 is 11.0. The highest BCUT2D eigenvalue weighted by Crippen LogP contribution is 2.28. The molecule has 0 radical (unpaired) electrons. The van der Waals surface area contributed by atoms with Gasteiger partial charge in [0.05, 0.1) is 13.7 Å². The topological polar surface area (TPSA) is 61.4 Å². The molecule has 2 rings (SSSR count). The Balaban J connectivity index is 0.00000480. The molecule has 31 heavy (non-hydrogen) atoms. The van der Waals surface area contributed by atoms with Crippen molar-refractivity contribution in [2.45, 2.75) is 32.6 Å². The standard InChI is InChI=1S/C23H41N5O2.HI/c1-5-30-22-19-20(10-11-21(22)29-4)9-8-13-26-23(24-2)25-12-6-7-14-28-17-15-27(3)16-18-28;/h10-11,19H,5-9,12-18H2,1-4H3,(H2,24,25,26);1H. The van der Waals surface area contributed by atoms with E-state index in [1.54, 1.807) is 7.11 Å². The molecule has 1 saturated heterocycles. The lowest BCUT2D eigenvalue weighted by atomic mass is 10.1. The van der Waals surface area contributed by atoms with Crippen LogP contribution in [0.3, 0.4) is 0 Å². The van der Waals surface area contributed by atoms with Gasteiger partial charge in [0.15, 0.2) is 17.5 Å². The van der Waals surface area contributed by atoms with Crippen molar-refractivity contribution in [1.82, 2.24) is 20.4 Å². The second-order valence-corrected chi connectivity index (χ2v) is 7.80. The van der Waals surface area contributed by atoms with Gasteiger partial charge in [-0.15, -0.1) is 24.0 Å². The summed E-state index contributed by atoms with van der Waals surface area (Å²) in [6, 6.07) is 6.17. The minimum absolute atomic E-state index is 0. The van der Waals surface area contributed by atoms with Crippen LogP contribution in [0.1, 0.15) is 31.7 Å². The van der Waals surface area contributed by atoms with Crippen LogP contribution in [0.5, 0.6) is 11.5 Å². The third-order valence-electron chi connectivity index (χ3n) is 5.48. The molecule has 8 heteroatoms. The molecule has 1 aromatic rings. The van der Waals surface area contributed by atoms with Crippen molar-refractivity contribution in [2.24, 2.45) is 4.99 Å². The molecule has 7 nitrogen and oxygen atoms in total. The molecule has 0 amide bonds. The number of rotatable bonds is 12. The summed E-state index contributed by atoms with van der Waals surface area (Å²) in [4.78, 5) is 9.31. The molecule has 0 saturated carbocycles. The van der Waals surface area contributed by atoms with E-state index >= 15 is 0 Å². The zero-order valence-electron chi connectivity index (χ0n) is 19.8. The molecular weight excluding hydrogens is 505 g/mol. The number of methoxy groups -OCH3 is 1. The fraction of sp³-hybridized carbons (Fsp3) is 0.696. The van der Waals surface area contributed by atoms with Crippen LogP contribution in [0.15, 0.2) is 23.2 Å². The summed E-state index contributed by atoms with van der Waals surface area (Å²) in [5.74, 6) is 2.50. The van der Waals surface area contributed by atoms with Crippen LogP contribution in [-0.4, -0.2) is 89.4 Å². The number of likely N-dealkylation sites (N-methyl/N-ethyl adjacent to an activating group) is 1. The van der Waals surface area contributed by atoms with Crippen molar-refractivity contribution < 1.29 is 9.47 Å². The van der Waals surface area contributed by atoms with Gasteiger partial charge in [-0.1, -0.05) is 6.07 Å². The van der Waals surface area contributed by atoms with Gasteiger partial charge in [-0.2, -0.15) is 0 Å². The summed E-state index contributed by atoms with van der Waals surface area (Å²) >= 11 is 0. The number of unbranched alkanes of at least 4 members (excludes halogenated alkanes) is 1. The van der Waals surface area contributed by atoms with Gasteiger partial charge in [-0.3, -0.25) is 4.99 Å². The van der Waals surface area contributed by atoms with Gasteiger partial charge >= 0.3 is 0 Å². The van der Waals surface area contributed by atoms with E-state index in [2.05, 4.69) is 44.6 Å². The Bertz CT molecular complexity index is 636. The number of hydrogen-bond acceptors (Lipinski definition) is 5.